The first-order chi connectivity index (χ1) is 13.2. The molecule has 2 fully saturated rings. The van der Waals surface area contributed by atoms with Crippen LogP contribution >= 0.6 is 15.9 Å². The summed E-state index contributed by atoms with van der Waals surface area (Å²) < 4.78 is 11.7. The minimum absolute atomic E-state index is 0.727. The van der Waals surface area contributed by atoms with E-state index in [1.165, 1.54) is 24.2 Å². The molecule has 1 saturated heterocycles. The highest BCUT2D eigenvalue weighted by Gasteiger charge is 2.39. The lowest BCUT2D eigenvalue weighted by Gasteiger charge is -2.36. The quantitative estimate of drug-likeness (QED) is 0.678. The first kappa shape index (κ1) is 18.6. The van der Waals surface area contributed by atoms with E-state index in [0.29, 0.717) is 0 Å². The molecule has 1 heterocycles. The average molecular weight is 431 g/mol. The zero-order valence-corrected chi connectivity index (χ0v) is 17.6. The smallest absolute Gasteiger partial charge is 0.135 e. The third-order valence-corrected chi connectivity index (χ3v) is 6.49. The Morgan fingerprint density at radius 3 is 2.37 bits per heavy atom. The van der Waals surface area contributed by atoms with Crippen LogP contribution in [-0.4, -0.2) is 51.8 Å². The lowest BCUT2D eigenvalue weighted by atomic mass is 10.1. The van der Waals surface area contributed by atoms with Crippen LogP contribution in [-0.2, 0) is 0 Å². The van der Waals surface area contributed by atoms with Crippen molar-refractivity contribution in [3.8, 4) is 11.5 Å². The van der Waals surface area contributed by atoms with Gasteiger partial charge in [0, 0.05) is 44.5 Å². The Bertz CT molecular complexity index is 772. The molecule has 0 amide bonds. The van der Waals surface area contributed by atoms with Crippen molar-refractivity contribution in [2.24, 2.45) is 5.92 Å². The van der Waals surface area contributed by atoms with Gasteiger partial charge in [0.1, 0.15) is 11.5 Å². The molecule has 0 bridgehead atoms. The number of anilines is 1. The first-order valence-electron chi connectivity index (χ1n) is 9.62. The minimum atomic E-state index is 0.727. The van der Waals surface area contributed by atoms with Gasteiger partial charge in [0.15, 0.2) is 0 Å². The SMILES string of the molecule is COc1ccc(C2CC2CN2CCN(c3ccc(Br)c(OC)c3)CC2)cc1. The molecular formula is C22H27BrN2O2. The molecule has 0 N–H and O–H groups in total. The van der Waals surface area contributed by atoms with E-state index in [1.807, 2.05) is 0 Å². The standard InChI is InChI=1S/C22H27BrN2O2/c1-26-19-6-3-16(4-7-19)20-13-17(20)15-24-9-11-25(12-10-24)18-5-8-21(23)22(14-18)27-2/h3-8,14,17,20H,9-13,15H2,1-2H3. The second-order valence-corrected chi connectivity index (χ2v) is 8.34. The summed E-state index contributed by atoms with van der Waals surface area (Å²) in [5, 5.41) is 0. The number of hydrogen-bond donors (Lipinski definition) is 0. The summed E-state index contributed by atoms with van der Waals surface area (Å²) in [6, 6.07) is 15.0. The van der Waals surface area contributed by atoms with E-state index in [1.54, 1.807) is 14.2 Å². The third kappa shape index (κ3) is 4.25. The second-order valence-electron chi connectivity index (χ2n) is 7.48. The van der Waals surface area contributed by atoms with Crippen molar-refractivity contribution in [3.05, 3.63) is 52.5 Å². The number of halogens is 1. The molecule has 2 aliphatic rings. The molecule has 2 unspecified atom stereocenters. The summed E-state index contributed by atoms with van der Waals surface area (Å²) in [5.41, 5.74) is 2.71. The highest BCUT2D eigenvalue weighted by Crippen LogP contribution is 2.48. The van der Waals surface area contributed by atoms with Gasteiger partial charge in [-0.05, 0) is 64.0 Å². The summed E-state index contributed by atoms with van der Waals surface area (Å²) >= 11 is 3.53. The van der Waals surface area contributed by atoms with E-state index in [0.717, 1.165) is 54.0 Å². The number of methoxy groups -OCH3 is 2. The van der Waals surface area contributed by atoms with Crippen LogP contribution in [0.5, 0.6) is 11.5 Å². The summed E-state index contributed by atoms with van der Waals surface area (Å²) in [7, 11) is 3.44. The first-order valence-corrected chi connectivity index (χ1v) is 10.4. The Kier molecular flexibility index (Phi) is 5.60. The predicted octanol–water partition coefficient (Wildman–Crippen LogP) is 4.39. The molecule has 2 aromatic carbocycles. The van der Waals surface area contributed by atoms with Gasteiger partial charge in [0.25, 0.3) is 0 Å². The number of piperazine rings is 1. The van der Waals surface area contributed by atoms with Gasteiger partial charge in [-0.1, -0.05) is 12.1 Å². The van der Waals surface area contributed by atoms with Crippen LogP contribution < -0.4 is 14.4 Å². The molecule has 2 aromatic rings. The summed E-state index contributed by atoms with van der Waals surface area (Å²) in [6.07, 6.45) is 1.32. The lowest BCUT2D eigenvalue weighted by Crippen LogP contribution is -2.47. The van der Waals surface area contributed by atoms with Gasteiger partial charge in [-0.25, -0.2) is 0 Å². The van der Waals surface area contributed by atoms with E-state index in [-0.39, 0.29) is 0 Å². The van der Waals surface area contributed by atoms with E-state index >= 15 is 0 Å². The normalized spacial score (nSPS) is 22.6. The Labute approximate surface area is 170 Å². The molecule has 4 rings (SSSR count). The van der Waals surface area contributed by atoms with Gasteiger partial charge >= 0.3 is 0 Å². The van der Waals surface area contributed by atoms with E-state index in [9.17, 15) is 0 Å². The van der Waals surface area contributed by atoms with Gasteiger partial charge in [-0.3, -0.25) is 4.90 Å². The Hall–Kier alpha value is -1.72. The van der Waals surface area contributed by atoms with Crippen LogP contribution in [0, 0.1) is 5.92 Å². The van der Waals surface area contributed by atoms with E-state index < -0.39 is 0 Å². The number of benzene rings is 2. The Morgan fingerprint density at radius 1 is 0.963 bits per heavy atom. The van der Waals surface area contributed by atoms with Crippen molar-refractivity contribution < 1.29 is 9.47 Å². The number of rotatable bonds is 6. The van der Waals surface area contributed by atoms with Gasteiger partial charge < -0.3 is 14.4 Å². The maximum atomic E-state index is 5.44. The second kappa shape index (κ2) is 8.11. The van der Waals surface area contributed by atoms with Crippen LogP contribution in [0.1, 0.15) is 17.9 Å². The zero-order valence-electron chi connectivity index (χ0n) is 16.0. The molecule has 1 aliphatic carbocycles. The fourth-order valence-corrected chi connectivity index (χ4v) is 4.48. The average Bonchev–Trinajstić information content (AvgIpc) is 3.48. The summed E-state index contributed by atoms with van der Waals surface area (Å²) in [4.78, 5) is 5.08. The van der Waals surface area contributed by atoms with Gasteiger partial charge in [-0.15, -0.1) is 0 Å². The Morgan fingerprint density at radius 2 is 1.70 bits per heavy atom. The number of hydrogen-bond acceptors (Lipinski definition) is 4. The molecule has 0 aromatic heterocycles. The summed E-state index contributed by atoms with van der Waals surface area (Å²) in [5.74, 6) is 3.37. The van der Waals surface area contributed by atoms with Crippen molar-refractivity contribution >= 4 is 21.6 Å². The molecule has 1 saturated carbocycles. The Balaban J connectivity index is 1.28. The molecule has 27 heavy (non-hydrogen) atoms. The van der Waals surface area contributed by atoms with Crippen LogP contribution in [0.2, 0.25) is 0 Å². The fraction of sp³-hybridized carbons (Fsp3) is 0.455. The maximum absolute atomic E-state index is 5.44. The zero-order chi connectivity index (χ0) is 18.8. The molecule has 4 nitrogen and oxygen atoms in total. The topological polar surface area (TPSA) is 24.9 Å². The van der Waals surface area contributed by atoms with Gasteiger partial charge in [-0.2, -0.15) is 0 Å². The maximum Gasteiger partial charge on any atom is 0.135 e. The van der Waals surface area contributed by atoms with Crippen molar-refractivity contribution in [2.75, 3.05) is 51.8 Å². The molecule has 0 spiro atoms. The van der Waals surface area contributed by atoms with Crippen LogP contribution in [0.25, 0.3) is 0 Å². The molecule has 5 heteroatoms. The highest BCUT2D eigenvalue weighted by molar-refractivity contribution is 9.10. The molecule has 2 atom stereocenters. The fourth-order valence-electron chi connectivity index (χ4n) is 4.07. The lowest BCUT2D eigenvalue weighted by molar-refractivity contribution is 0.246. The van der Waals surface area contributed by atoms with Gasteiger partial charge in [0.05, 0.1) is 18.7 Å². The highest BCUT2D eigenvalue weighted by atomic mass is 79.9. The number of nitrogens with zero attached hydrogens (tertiary/aromatic N) is 2. The van der Waals surface area contributed by atoms with E-state index in [2.05, 4.69) is 68.2 Å². The van der Waals surface area contributed by atoms with Crippen LogP contribution in [0.4, 0.5) is 5.69 Å². The van der Waals surface area contributed by atoms with Crippen molar-refractivity contribution in [1.82, 2.24) is 4.90 Å². The monoisotopic (exact) mass is 430 g/mol. The molecular weight excluding hydrogens is 404 g/mol. The largest absolute Gasteiger partial charge is 0.497 e. The molecule has 0 radical (unpaired) electrons. The van der Waals surface area contributed by atoms with Crippen LogP contribution in [0.3, 0.4) is 0 Å². The predicted molar refractivity (Wildman–Crippen MR) is 113 cm³/mol. The van der Waals surface area contributed by atoms with Crippen molar-refractivity contribution in [2.45, 2.75) is 12.3 Å². The van der Waals surface area contributed by atoms with E-state index in [4.69, 9.17) is 9.47 Å². The molecule has 144 valence electrons. The number of ether oxygens (including phenoxy) is 2. The van der Waals surface area contributed by atoms with Gasteiger partial charge in [0.2, 0.25) is 0 Å². The third-order valence-electron chi connectivity index (χ3n) is 5.83. The minimum Gasteiger partial charge on any atom is -0.497 e. The van der Waals surface area contributed by atoms with Crippen LogP contribution in [0.15, 0.2) is 46.9 Å². The van der Waals surface area contributed by atoms with Crippen molar-refractivity contribution in [3.63, 3.8) is 0 Å². The van der Waals surface area contributed by atoms with Crippen molar-refractivity contribution in [1.29, 1.82) is 0 Å². The summed E-state index contributed by atoms with van der Waals surface area (Å²) in [6.45, 7) is 5.62. The molecule has 1 aliphatic heterocycles.